The number of hydrogen-bond acceptors (Lipinski definition) is 3. The minimum atomic E-state index is -0.172. The second-order valence-electron chi connectivity index (χ2n) is 4.07. The number of rotatable bonds is 0. The summed E-state index contributed by atoms with van der Waals surface area (Å²) in [7, 11) is 0. The lowest BCUT2D eigenvalue weighted by molar-refractivity contribution is 0.0195. The summed E-state index contributed by atoms with van der Waals surface area (Å²) in [4.78, 5) is 13.9. The standard InChI is InChI=1S/C12H13NO2/c14-12-9-5-1-2-6-10(9)13-8-4-3-7-11(13)15-12/h1-2,5-6,11H,3-4,7-8H2. The molecule has 0 radical (unpaired) electrons. The van der Waals surface area contributed by atoms with Gasteiger partial charge >= 0.3 is 5.97 Å². The molecule has 2 aliphatic rings. The fourth-order valence-corrected chi connectivity index (χ4v) is 2.38. The van der Waals surface area contributed by atoms with Gasteiger partial charge in [0, 0.05) is 13.0 Å². The third-order valence-electron chi connectivity index (χ3n) is 3.12. The summed E-state index contributed by atoms with van der Waals surface area (Å²) >= 11 is 0. The Balaban J connectivity index is 2.07. The van der Waals surface area contributed by atoms with E-state index >= 15 is 0 Å². The maximum atomic E-state index is 11.7. The quantitative estimate of drug-likeness (QED) is 0.605. The zero-order valence-electron chi connectivity index (χ0n) is 8.48. The molecule has 0 aliphatic carbocycles. The van der Waals surface area contributed by atoms with E-state index < -0.39 is 0 Å². The van der Waals surface area contributed by atoms with Crippen molar-refractivity contribution in [3.05, 3.63) is 29.8 Å². The molecular formula is C12H13NO2. The van der Waals surface area contributed by atoms with E-state index in [1.807, 2.05) is 24.3 Å². The molecule has 0 bridgehead atoms. The molecule has 0 N–H and O–H groups in total. The first-order chi connectivity index (χ1) is 7.36. The van der Waals surface area contributed by atoms with Gasteiger partial charge in [0.25, 0.3) is 0 Å². The number of benzene rings is 1. The number of fused-ring (bicyclic) bond motifs is 3. The molecule has 2 aliphatic heterocycles. The largest absolute Gasteiger partial charge is 0.438 e. The Morgan fingerprint density at radius 2 is 2.13 bits per heavy atom. The van der Waals surface area contributed by atoms with Crippen LogP contribution in [0.1, 0.15) is 29.6 Å². The second-order valence-corrected chi connectivity index (χ2v) is 4.07. The number of anilines is 1. The maximum Gasteiger partial charge on any atom is 0.342 e. The highest BCUT2D eigenvalue weighted by Gasteiger charge is 2.33. The number of nitrogens with zero attached hydrogens (tertiary/aromatic N) is 1. The molecule has 3 heteroatoms. The van der Waals surface area contributed by atoms with Crippen molar-refractivity contribution in [2.45, 2.75) is 25.5 Å². The smallest absolute Gasteiger partial charge is 0.342 e. The molecule has 1 aromatic carbocycles. The number of para-hydroxylation sites is 1. The lowest BCUT2D eigenvalue weighted by Crippen LogP contribution is -2.46. The normalized spacial score (nSPS) is 24.1. The first-order valence-electron chi connectivity index (χ1n) is 5.43. The number of piperidine rings is 1. The number of esters is 1. The highest BCUT2D eigenvalue weighted by atomic mass is 16.6. The van der Waals surface area contributed by atoms with E-state index in [4.69, 9.17) is 4.74 Å². The summed E-state index contributed by atoms with van der Waals surface area (Å²) in [6.45, 7) is 0.995. The third-order valence-corrected chi connectivity index (χ3v) is 3.12. The lowest BCUT2D eigenvalue weighted by Gasteiger charge is -2.40. The number of hydrogen-bond donors (Lipinski definition) is 0. The molecule has 1 saturated heterocycles. The van der Waals surface area contributed by atoms with Crippen molar-refractivity contribution in [1.82, 2.24) is 0 Å². The zero-order chi connectivity index (χ0) is 10.3. The van der Waals surface area contributed by atoms with Gasteiger partial charge in [-0.05, 0) is 25.0 Å². The van der Waals surface area contributed by atoms with Gasteiger partial charge in [-0.3, -0.25) is 0 Å². The first-order valence-corrected chi connectivity index (χ1v) is 5.43. The molecule has 0 amide bonds. The molecule has 1 unspecified atom stereocenters. The predicted octanol–water partition coefficient (Wildman–Crippen LogP) is 2.17. The lowest BCUT2D eigenvalue weighted by atomic mass is 10.0. The molecule has 3 rings (SSSR count). The van der Waals surface area contributed by atoms with Crippen molar-refractivity contribution >= 4 is 11.7 Å². The molecule has 0 spiro atoms. The minimum absolute atomic E-state index is 0.0267. The fraction of sp³-hybridized carbons (Fsp3) is 0.417. The summed E-state index contributed by atoms with van der Waals surface area (Å²) in [6, 6.07) is 7.70. The average molecular weight is 203 g/mol. The minimum Gasteiger partial charge on any atom is -0.438 e. The van der Waals surface area contributed by atoms with Gasteiger partial charge in [-0.1, -0.05) is 12.1 Å². The van der Waals surface area contributed by atoms with E-state index in [0.717, 1.165) is 25.1 Å². The summed E-state index contributed by atoms with van der Waals surface area (Å²) in [5.74, 6) is -0.172. The third kappa shape index (κ3) is 1.30. The van der Waals surface area contributed by atoms with Gasteiger partial charge in [-0.2, -0.15) is 0 Å². The van der Waals surface area contributed by atoms with E-state index in [1.165, 1.54) is 6.42 Å². The van der Waals surface area contributed by atoms with Gasteiger partial charge in [0.1, 0.15) is 0 Å². The summed E-state index contributed by atoms with van der Waals surface area (Å²) < 4.78 is 5.40. The highest BCUT2D eigenvalue weighted by molar-refractivity contribution is 5.97. The molecule has 0 saturated carbocycles. The number of ether oxygens (including phenoxy) is 1. The average Bonchev–Trinajstić information content (AvgIpc) is 2.30. The van der Waals surface area contributed by atoms with Crippen LogP contribution in [0.2, 0.25) is 0 Å². The van der Waals surface area contributed by atoms with E-state index in [1.54, 1.807) is 0 Å². The molecule has 2 heterocycles. The Bertz CT molecular complexity index is 402. The Labute approximate surface area is 88.6 Å². The van der Waals surface area contributed by atoms with Gasteiger partial charge in [-0.15, -0.1) is 0 Å². The monoisotopic (exact) mass is 203 g/mol. The van der Waals surface area contributed by atoms with Crippen LogP contribution in [0.3, 0.4) is 0 Å². The van der Waals surface area contributed by atoms with Gasteiger partial charge < -0.3 is 9.64 Å². The molecule has 0 aromatic heterocycles. The topological polar surface area (TPSA) is 29.5 Å². The molecule has 1 aromatic rings. The Morgan fingerprint density at radius 3 is 3.07 bits per heavy atom. The van der Waals surface area contributed by atoms with Gasteiger partial charge in [0.15, 0.2) is 6.23 Å². The number of carbonyl (C=O) groups is 1. The Hall–Kier alpha value is -1.51. The van der Waals surface area contributed by atoms with Gasteiger partial charge in [-0.25, -0.2) is 4.79 Å². The van der Waals surface area contributed by atoms with Gasteiger partial charge in [0.05, 0.1) is 11.3 Å². The van der Waals surface area contributed by atoms with Crippen molar-refractivity contribution < 1.29 is 9.53 Å². The predicted molar refractivity (Wildman–Crippen MR) is 56.8 cm³/mol. The molecule has 15 heavy (non-hydrogen) atoms. The summed E-state index contributed by atoms with van der Waals surface area (Å²) in [6.07, 6.45) is 3.26. The van der Waals surface area contributed by atoms with Crippen LogP contribution in [0.25, 0.3) is 0 Å². The van der Waals surface area contributed by atoms with Crippen molar-refractivity contribution in [3.8, 4) is 0 Å². The molecular weight excluding hydrogens is 190 g/mol. The van der Waals surface area contributed by atoms with Gasteiger partial charge in [0.2, 0.25) is 0 Å². The highest BCUT2D eigenvalue weighted by Crippen LogP contribution is 2.33. The van der Waals surface area contributed by atoms with Crippen LogP contribution in [0.4, 0.5) is 5.69 Å². The summed E-state index contributed by atoms with van der Waals surface area (Å²) in [5, 5.41) is 0. The molecule has 1 fully saturated rings. The first kappa shape index (κ1) is 8.77. The second kappa shape index (κ2) is 3.26. The van der Waals surface area contributed by atoms with Crippen molar-refractivity contribution in [2.24, 2.45) is 0 Å². The van der Waals surface area contributed by atoms with Crippen LogP contribution in [-0.2, 0) is 4.74 Å². The summed E-state index contributed by atoms with van der Waals surface area (Å²) in [5.41, 5.74) is 1.74. The fourth-order valence-electron chi connectivity index (χ4n) is 2.38. The van der Waals surface area contributed by atoms with E-state index in [9.17, 15) is 4.79 Å². The van der Waals surface area contributed by atoms with Crippen LogP contribution >= 0.6 is 0 Å². The maximum absolute atomic E-state index is 11.7. The van der Waals surface area contributed by atoms with Crippen LogP contribution in [0.5, 0.6) is 0 Å². The molecule has 78 valence electrons. The zero-order valence-corrected chi connectivity index (χ0v) is 8.48. The van der Waals surface area contributed by atoms with E-state index in [0.29, 0.717) is 5.56 Å². The Kier molecular flexibility index (Phi) is 1.91. The number of carbonyl (C=O) groups excluding carboxylic acids is 1. The Morgan fingerprint density at radius 1 is 1.27 bits per heavy atom. The van der Waals surface area contributed by atoms with E-state index in [2.05, 4.69) is 4.90 Å². The van der Waals surface area contributed by atoms with Crippen molar-refractivity contribution in [3.63, 3.8) is 0 Å². The van der Waals surface area contributed by atoms with Crippen molar-refractivity contribution in [2.75, 3.05) is 11.4 Å². The molecule has 3 nitrogen and oxygen atoms in total. The van der Waals surface area contributed by atoms with Crippen molar-refractivity contribution in [1.29, 1.82) is 0 Å². The van der Waals surface area contributed by atoms with Crippen LogP contribution in [0, 0.1) is 0 Å². The molecule has 1 atom stereocenters. The van der Waals surface area contributed by atoms with Crippen LogP contribution in [0.15, 0.2) is 24.3 Å². The van der Waals surface area contributed by atoms with E-state index in [-0.39, 0.29) is 12.2 Å². The van der Waals surface area contributed by atoms with Crippen LogP contribution in [-0.4, -0.2) is 18.7 Å². The SMILES string of the molecule is O=C1OC2CCCCN2c2ccccc21. The van der Waals surface area contributed by atoms with Crippen LogP contribution < -0.4 is 4.90 Å².